The van der Waals surface area contributed by atoms with E-state index in [2.05, 4.69) is 31.2 Å². The summed E-state index contributed by atoms with van der Waals surface area (Å²) in [5.41, 5.74) is -0.367. The number of rotatable bonds is 12. The van der Waals surface area contributed by atoms with Gasteiger partial charge in [-0.2, -0.15) is 0 Å². The zero-order valence-electron chi connectivity index (χ0n) is 25.0. The van der Waals surface area contributed by atoms with Crippen LogP contribution in [-0.4, -0.2) is 70.8 Å². The molecule has 12 heteroatoms. The first-order chi connectivity index (χ1) is 21.8. The van der Waals surface area contributed by atoms with E-state index in [4.69, 9.17) is 4.74 Å². The summed E-state index contributed by atoms with van der Waals surface area (Å²) in [6.45, 7) is 0.506. The highest BCUT2D eigenvalue weighted by Crippen LogP contribution is 2.53. The number of esters is 1. The second kappa shape index (κ2) is 12.6. The minimum absolute atomic E-state index is 0.0670. The number of methoxy groups -OCH3 is 1. The van der Waals surface area contributed by atoms with Crippen LogP contribution in [0.3, 0.4) is 0 Å². The van der Waals surface area contributed by atoms with Gasteiger partial charge in [-0.05, 0) is 47.9 Å². The average molecular weight is 613 g/mol. The smallest absolute Gasteiger partial charge is 0.328 e. The van der Waals surface area contributed by atoms with Gasteiger partial charge < -0.3 is 26.0 Å². The lowest BCUT2D eigenvalue weighted by Crippen LogP contribution is -2.57. The molecule has 1 aliphatic heterocycles. The maximum Gasteiger partial charge on any atom is 0.328 e. The summed E-state index contributed by atoms with van der Waals surface area (Å²) in [5.74, 6) is -2.97. The van der Waals surface area contributed by atoms with Crippen LogP contribution in [0.25, 0.3) is 10.8 Å². The van der Waals surface area contributed by atoms with E-state index >= 15 is 0 Å². The van der Waals surface area contributed by atoms with Crippen molar-refractivity contribution in [1.29, 1.82) is 0 Å². The SMILES string of the molecule is COC(=O)[C@H](C[C@@H]1CCNC1=O)NC(=O)[C@H](CC1CC1)NC(=O)C1(NC(=O)c2cnccn2)CC1c1cccc2ccccc12. The molecule has 4 N–H and O–H groups in total. The number of fused-ring (bicyclic) bond motifs is 1. The van der Waals surface area contributed by atoms with Gasteiger partial charge >= 0.3 is 5.97 Å². The van der Waals surface area contributed by atoms with Crippen LogP contribution in [0.5, 0.6) is 0 Å². The standard InChI is InChI=1S/C33H36N6O6/c1-45-31(43)26(16-21-11-12-36-28(21)40)37-29(41)25(15-19-9-10-19)38-32(44)33(39-30(42)27-18-34-13-14-35-27)17-24(33)23-8-4-6-20-5-2-3-7-22(20)23/h2-8,13-14,18-19,21,24-26H,9-12,15-17H2,1H3,(H,36,40)(H,37,41)(H,38,44)(H,39,42)/t21-,24?,25-,26-,33?/m0/s1. The molecule has 1 saturated heterocycles. The molecule has 12 nitrogen and oxygen atoms in total. The Hall–Kier alpha value is -4.87. The Balaban J connectivity index is 1.26. The minimum Gasteiger partial charge on any atom is -0.467 e. The summed E-state index contributed by atoms with van der Waals surface area (Å²) in [7, 11) is 1.23. The first kappa shape index (κ1) is 30.2. The van der Waals surface area contributed by atoms with Crippen LogP contribution >= 0.6 is 0 Å². The van der Waals surface area contributed by atoms with Crippen molar-refractivity contribution in [2.75, 3.05) is 13.7 Å². The quantitative estimate of drug-likeness (QED) is 0.224. The molecule has 2 aromatic carbocycles. The van der Waals surface area contributed by atoms with Gasteiger partial charge in [0.05, 0.1) is 13.3 Å². The van der Waals surface area contributed by atoms with Crippen molar-refractivity contribution in [2.45, 2.75) is 62.1 Å². The number of carbonyl (C=O) groups is 5. The van der Waals surface area contributed by atoms with Crippen LogP contribution in [0.2, 0.25) is 0 Å². The summed E-state index contributed by atoms with van der Waals surface area (Å²) in [4.78, 5) is 74.2. The number of hydrogen-bond acceptors (Lipinski definition) is 8. The lowest BCUT2D eigenvalue weighted by molar-refractivity contribution is -0.146. The zero-order valence-corrected chi connectivity index (χ0v) is 25.0. The van der Waals surface area contributed by atoms with Gasteiger partial charge in [-0.1, -0.05) is 55.3 Å². The molecule has 0 radical (unpaired) electrons. The molecule has 5 atom stereocenters. The van der Waals surface area contributed by atoms with Crippen molar-refractivity contribution < 1.29 is 28.7 Å². The first-order valence-corrected chi connectivity index (χ1v) is 15.3. The topological polar surface area (TPSA) is 168 Å². The number of amides is 4. The Bertz CT molecular complexity index is 1620. The highest BCUT2D eigenvalue weighted by Gasteiger charge is 2.62. The molecular formula is C33H36N6O6. The summed E-state index contributed by atoms with van der Waals surface area (Å²) >= 11 is 0. The van der Waals surface area contributed by atoms with E-state index in [0.29, 0.717) is 25.8 Å². The third-order valence-corrected chi connectivity index (χ3v) is 9.07. The van der Waals surface area contributed by atoms with Crippen LogP contribution < -0.4 is 21.3 Å². The molecule has 2 saturated carbocycles. The van der Waals surface area contributed by atoms with Crippen molar-refractivity contribution in [2.24, 2.45) is 11.8 Å². The molecule has 3 fully saturated rings. The number of ether oxygens (including phenoxy) is 1. The number of nitrogens with zero attached hydrogens (tertiary/aromatic N) is 2. The molecule has 2 unspecified atom stereocenters. The van der Waals surface area contributed by atoms with Gasteiger partial charge in [-0.25, -0.2) is 9.78 Å². The summed E-state index contributed by atoms with van der Waals surface area (Å²) < 4.78 is 4.93. The summed E-state index contributed by atoms with van der Waals surface area (Å²) in [5, 5.41) is 13.3. The lowest BCUT2D eigenvalue weighted by atomic mass is 9.97. The van der Waals surface area contributed by atoms with E-state index < -0.39 is 47.2 Å². The van der Waals surface area contributed by atoms with Crippen molar-refractivity contribution in [3.8, 4) is 0 Å². The third-order valence-electron chi connectivity index (χ3n) is 9.07. The molecule has 2 aliphatic carbocycles. The van der Waals surface area contributed by atoms with Crippen LogP contribution in [0.15, 0.2) is 61.1 Å². The van der Waals surface area contributed by atoms with Gasteiger partial charge in [0.2, 0.25) is 17.7 Å². The molecule has 1 aromatic heterocycles. The molecule has 4 amide bonds. The molecular weight excluding hydrogens is 576 g/mol. The van der Waals surface area contributed by atoms with Crippen LogP contribution in [0, 0.1) is 11.8 Å². The van der Waals surface area contributed by atoms with E-state index in [1.807, 2.05) is 42.5 Å². The Morgan fingerprint density at radius 3 is 2.51 bits per heavy atom. The maximum atomic E-state index is 14.2. The van der Waals surface area contributed by atoms with Crippen LogP contribution in [0.1, 0.15) is 60.5 Å². The fourth-order valence-corrected chi connectivity index (χ4v) is 6.31. The van der Waals surface area contributed by atoms with Gasteiger partial charge in [0.15, 0.2) is 0 Å². The van der Waals surface area contributed by atoms with E-state index in [1.165, 1.54) is 25.7 Å². The fraction of sp³-hybridized carbons (Fsp3) is 0.424. The highest BCUT2D eigenvalue weighted by atomic mass is 16.5. The Morgan fingerprint density at radius 1 is 1.00 bits per heavy atom. The summed E-state index contributed by atoms with van der Waals surface area (Å²) in [6.07, 6.45) is 7.38. The highest BCUT2D eigenvalue weighted by molar-refractivity contribution is 6.03. The molecule has 45 heavy (non-hydrogen) atoms. The maximum absolute atomic E-state index is 14.2. The average Bonchev–Trinajstić information content (AvgIpc) is 3.98. The van der Waals surface area contributed by atoms with Gasteiger partial charge in [0, 0.05) is 30.8 Å². The predicted octanol–water partition coefficient (Wildman–Crippen LogP) is 1.75. The summed E-state index contributed by atoms with van der Waals surface area (Å²) in [6, 6.07) is 11.7. The monoisotopic (exact) mass is 612 g/mol. The first-order valence-electron chi connectivity index (χ1n) is 15.3. The molecule has 3 aliphatic rings. The minimum atomic E-state index is -1.34. The Labute approximate surface area is 260 Å². The Morgan fingerprint density at radius 2 is 1.80 bits per heavy atom. The van der Waals surface area contributed by atoms with Crippen molar-refractivity contribution in [1.82, 2.24) is 31.2 Å². The molecule has 3 aromatic rings. The Kier molecular flexibility index (Phi) is 8.46. The van der Waals surface area contributed by atoms with Gasteiger partial charge in [-0.3, -0.25) is 24.2 Å². The molecule has 6 rings (SSSR count). The van der Waals surface area contributed by atoms with Crippen molar-refractivity contribution >= 4 is 40.4 Å². The van der Waals surface area contributed by atoms with E-state index in [1.54, 1.807) is 0 Å². The molecule has 234 valence electrons. The molecule has 0 spiro atoms. The third kappa shape index (κ3) is 6.50. The lowest BCUT2D eigenvalue weighted by Gasteiger charge is -2.26. The van der Waals surface area contributed by atoms with E-state index in [0.717, 1.165) is 29.2 Å². The van der Waals surface area contributed by atoms with Crippen LogP contribution in [-0.2, 0) is 23.9 Å². The number of nitrogens with one attached hydrogen (secondary N) is 4. The number of hydrogen-bond donors (Lipinski definition) is 4. The molecule has 2 heterocycles. The zero-order chi connectivity index (χ0) is 31.6. The van der Waals surface area contributed by atoms with Crippen molar-refractivity contribution in [3.05, 3.63) is 72.3 Å². The van der Waals surface area contributed by atoms with Crippen molar-refractivity contribution in [3.63, 3.8) is 0 Å². The van der Waals surface area contributed by atoms with Gasteiger partial charge in [0.25, 0.3) is 5.91 Å². The van der Waals surface area contributed by atoms with Gasteiger partial charge in [0.1, 0.15) is 23.3 Å². The van der Waals surface area contributed by atoms with E-state index in [9.17, 15) is 24.0 Å². The predicted molar refractivity (Wildman–Crippen MR) is 162 cm³/mol. The largest absolute Gasteiger partial charge is 0.467 e. The van der Waals surface area contributed by atoms with Gasteiger partial charge in [-0.15, -0.1) is 0 Å². The second-order valence-corrected chi connectivity index (χ2v) is 12.1. The van der Waals surface area contributed by atoms with Crippen LogP contribution in [0.4, 0.5) is 0 Å². The fourth-order valence-electron chi connectivity index (χ4n) is 6.31. The molecule has 0 bridgehead atoms. The normalized spacial score (nSPS) is 23.4. The number of benzene rings is 2. The number of aromatic nitrogens is 2. The van der Waals surface area contributed by atoms with E-state index in [-0.39, 0.29) is 29.9 Å². The number of carbonyl (C=O) groups excluding carboxylic acids is 5. The second-order valence-electron chi connectivity index (χ2n) is 12.1.